The van der Waals surface area contributed by atoms with E-state index in [1.165, 1.54) is 6.42 Å². The molecule has 1 aliphatic carbocycles. The van der Waals surface area contributed by atoms with Crippen molar-refractivity contribution < 1.29 is 9.59 Å². The topological polar surface area (TPSA) is 71.1 Å². The van der Waals surface area contributed by atoms with Crippen molar-refractivity contribution in [1.82, 2.24) is 10.3 Å². The first-order chi connectivity index (χ1) is 13.7. The molecule has 1 aromatic carbocycles. The van der Waals surface area contributed by atoms with Gasteiger partial charge in [0.15, 0.2) is 0 Å². The van der Waals surface area contributed by atoms with Gasteiger partial charge in [-0.1, -0.05) is 49.6 Å². The van der Waals surface area contributed by atoms with Crippen molar-refractivity contribution in [1.29, 1.82) is 0 Å². The van der Waals surface area contributed by atoms with Crippen molar-refractivity contribution in [3.63, 3.8) is 0 Å². The summed E-state index contributed by atoms with van der Waals surface area (Å²) in [4.78, 5) is 29.4. The second kappa shape index (κ2) is 10.3. The fourth-order valence-corrected chi connectivity index (χ4v) is 3.82. The third-order valence-corrected chi connectivity index (χ3v) is 5.57. The SMILES string of the molecule is O=C(NC1CCCCC1)c1ccnc(NC(=O)C(CS)Cc2ccccc2)c1. The van der Waals surface area contributed by atoms with E-state index in [4.69, 9.17) is 0 Å². The predicted molar refractivity (Wildman–Crippen MR) is 115 cm³/mol. The number of carbonyl (C=O) groups is 2. The standard InChI is InChI=1S/C22H27N3O2S/c26-21(24-19-9-5-2-6-10-19)17-11-12-23-20(14-17)25-22(27)18(15-28)13-16-7-3-1-4-8-16/h1,3-4,7-8,11-12,14,18-19,28H,2,5-6,9-10,13,15H2,(H,24,26)(H,23,25,27). The third kappa shape index (κ3) is 5.83. The summed E-state index contributed by atoms with van der Waals surface area (Å²) in [7, 11) is 0. The first-order valence-electron chi connectivity index (χ1n) is 9.88. The van der Waals surface area contributed by atoms with Crippen LogP contribution in [-0.2, 0) is 11.2 Å². The number of nitrogens with zero attached hydrogens (tertiary/aromatic N) is 1. The molecule has 6 heteroatoms. The van der Waals surface area contributed by atoms with Crippen LogP contribution in [-0.4, -0.2) is 28.6 Å². The molecule has 0 bridgehead atoms. The maximum absolute atomic E-state index is 12.6. The molecule has 28 heavy (non-hydrogen) atoms. The van der Waals surface area contributed by atoms with Gasteiger partial charge in [0.25, 0.3) is 5.91 Å². The molecule has 0 aliphatic heterocycles. The Morgan fingerprint density at radius 2 is 1.86 bits per heavy atom. The van der Waals surface area contributed by atoms with Gasteiger partial charge < -0.3 is 10.6 Å². The lowest BCUT2D eigenvalue weighted by Crippen LogP contribution is -2.36. The molecule has 1 aliphatic rings. The van der Waals surface area contributed by atoms with Crippen LogP contribution in [0.15, 0.2) is 48.7 Å². The van der Waals surface area contributed by atoms with Crippen molar-refractivity contribution >= 4 is 30.3 Å². The highest BCUT2D eigenvalue weighted by molar-refractivity contribution is 7.80. The molecular formula is C22H27N3O2S. The van der Waals surface area contributed by atoms with Crippen LogP contribution in [0.1, 0.15) is 48.0 Å². The first kappa shape index (κ1) is 20.4. The van der Waals surface area contributed by atoms with E-state index in [1.54, 1.807) is 18.3 Å². The number of benzene rings is 1. The highest BCUT2D eigenvalue weighted by atomic mass is 32.1. The van der Waals surface area contributed by atoms with Gasteiger partial charge in [-0.3, -0.25) is 9.59 Å². The van der Waals surface area contributed by atoms with Crippen molar-refractivity contribution in [2.75, 3.05) is 11.1 Å². The Kier molecular flexibility index (Phi) is 7.48. The number of nitrogens with one attached hydrogen (secondary N) is 2. The highest BCUT2D eigenvalue weighted by Gasteiger charge is 2.20. The molecule has 1 heterocycles. The van der Waals surface area contributed by atoms with E-state index < -0.39 is 0 Å². The molecule has 1 unspecified atom stereocenters. The van der Waals surface area contributed by atoms with Crippen LogP contribution in [0, 0.1) is 5.92 Å². The van der Waals surface area contributed by atoms with Crippen LogP contribution in [0.4, 0.5) is 5.82 Å². The van der Waals surface area contributed by atoms with Gasteiger partial charge in [-0.15, -0.1) is 0 Å². The Morgan fingerprint density at radius 3 is 2.57 bits per heavy atom. The summed E-state index contributed by atoms with van der Waals surface area (Å²) < 4.78 is 0. The first-order valence-corrected chi connectivity index (χ1v) is 10.5. The number of thiol groups is 1. The van der Waals surface area contributed by atoms with Crippen LogP contribution in [0.25, 0.3) is 0 Å². The fraction of sp³-hybridized carbons (Fsp3) is 0.409. The van der Waals surface area contributed by atoms with Crippen molar-refractivity contribution in [2.24, 2.45) is 5.92 Å². The molecule has 2 N–H and O–H groups in total. The number of aromatic nitrogens is 1. The largest absolute Gasteiger partial charge is 0.349 e. The number of hydrogen-bond donors (Lipinski definition) is 3. The maximum atomic E-state index is 12.6. The highest BCUT2D eigenvalue weighted by Crippen LogP contribution is 2.18. The molecule has 5 nitrogen and oxygen atoms in total. The molecule has 3 rings (SSSR count). The van der Waals surface area contributed by atoms with Gasteiger partial charge >= 0.3 is 0 Å². The molecule has 0 radical (unpaired) electrons. The predicted octanol–water partition coefficient (Wildman–Crippen LogP) is 3.87. The lowest BCUT2D eigenvalue weighted by atomic mass is 9.95. The molecule has 2 aromatic rings. The van der Waals surface area contributed by atoms with Crippen molar-refractivity contribution in [3.8, 4) is 0 Å². The van der Waals surface area contributed by atoms with Crippen molar-refractivity contribution in [3.05, 3.63) is 59.8 Å². The van der Waals surface area contributed by atoms with Gasteiger partial charge in [0, 0.05) is 23.6 Å². The lowest BCUT2D eigenvalue weighted by Gasteiger charge is -2.22. The van der Waals surface area contributed by atoms with Crippen LogP contribution in [0.2, 0.25) is 0 Å². The van der Waals surface area contributed by atoms with E-state index in [9.17, 15) is 9.59 Å². The average molecular weight is 398 g/mol. The van der Waals surface area contributed by atoms with E-state index in [-0.39, 0.29) is 23.8 Å². The van der Waals surface area contributed by atoms with Crippen LogP contribution in [0.5, 0.6) is 0 Å². The van der Waals surface area contributed by atoms with Gasteiger partial charge in [-0.05, 0) is 37.0 Å². The molecule has 0 saturated heterocycles. The van der Waals surface area contributed by atoms with Crippen LogP contribution in [0.3, 0.4) is 0 Å². The number of rotatable bonds is 7. The minimum atomic E-state index is -0.271. The van der Waals surface area contributed by atoms with E-state index in [2.05, 4.69) is 28.2 Å². The fourth-order valence-electron chi connectivity index (χ4n) is 3.52. The van der Waals surface area contributed by atoms with Gasteiger partial charge in [0.05, 0.1) is 5.92 Å². The zero-order valence-corrected chi connectivity index (χ0v) is 16.8. The quantitative estimate of drug-likeness (QED) is 0.621. The zero-order valence-electron chi connectivity index (χ0n) is 15.9. The number of anilines is 1. The average Bonchev–Trinajstić information content (AvgIpc) is 2.73. The molecule has 1 saturated carbocycles. The molecule has 1 fully saturated rings. The number of hydrogen-bond acceptors (Lipinski definition) is 4. The summed E-state index contributed by atoms with van der Waals surface area (Å²) in [5, 5.41) is 5.92. The molecule has 1 atom stereocenters. The minimum absolute atomic E-state index is 0.111. The number of amides is 2. The number of carbonyl (C=O) groups excluding carboxylic acids is 2. The van der Waals surface area contributed by atoms with Gasteiger partial charge in [-0.2, -0.15) is 12.6 Å². The Hall–Kier alpha value is -2.34. The Morgan fingerprint density at radius 1 is 1.11 bits per heavy atom. The van der Waals surface area contributed by atoms with Crippen LogP contribution >= 0.6 is 12.6 Å². The molecule has 2 amide bonds. The zero-order chi connectivity index (χ0) is 19.8. The van der Waals surface area contributed by atoms with Gasteiger partial charge in [0.2, 0.25) is 5.91 Å². The minimum Gasteiger partial charge on any atom is -0.349 e. The summed E-state index contributed by atoms with van der Waals surface area (Å²) in [5.41, 5.74) is 1.60. The normalized spacial score (nSPS) is 15.6. The monoisotopic (exact) mass is 397 g/mol. The van der Waals surface area contributed by atoms with E-state index in [1.807, 2.05) is 30.3 Å². The summed E-state index contributed by atoms with van der Waals surface area (Å²) in [6.45, 7) is 0. The second-order valence-electron chi connectivity index (χ2n) is 7.30. The maximum Gasteiger partial charge on any atom is 0.251 e. The molecular weight excluding hydrogens is 370 g/mol. The van der Waals surface area contributed by atoms with Gasteiger partial charge in [0.1, 0.15) is 5.82 Å². The summed E-state index contributed by atoms with van der Waals surface area (Å²) >= 11 is 4.33. The molecule has 1 aromatic heterocycles. The smallest absolute Gasteiger partial charge is 0.251 e. The van der Waals surface area contributed by atoms with Crippen LogP contribution < -0.4 is 10.6 Å². The Balaban J connectivity index is 1.61. The Labute approximate surface area is 171 Å². The summed E-state index contributed by atoms with van der Waals surface area (Å²) in [6.07, 6.45) is 7.79. The molecule has 148 valence electrons. The Bertz CT molecular complexity index is 791. The second-order valence-corrected chi connectivity index (χ2v) is 7.66. The third-order valence-electron chi connectivity index (χ3n) is 5.13. The van der Waals surface area contributed by atoms with Gasteiger partial charge in [-0.25, -0.2) is 4.98 Å². The summed E-state index contributed by atoms with van der Waals surface area (Å²) in [5.74, 6) is 0.298. The van der Waals surface area contributed by atoms with Crippen molar-refractivity contribution in [2.45, 2.75) is 44.6 Å². The van der Waals surface area contributed by atoms with E-state index >= 15 is 0 Å². The number of pyridine rings is 1. The molecule has 0 spiro atoms. The van der Waals surface area contributed by atoms with E-state index in [0.717, 1.165) is 31.2 Å². The van der Waals surface area contributed by atoms with E-state index in [0.29, 0.717) is 23.6 Å². The lowest BCUT2D eigenvalue weighted by molar-refractivity contribution is -0.119. The summed E-state index contributed by atoms with van der Waals surface area (Å²) in [6, 6.07) is 13.4.